The summed E-state index contributed by atoms with van der Waals surface area (Å²) in [6.07, 6.45) is 3.41. The average molecular weight is 556 g/mol. The zero-order valence-corrected chi connectivity index (χ0v) is 23.0. The molecule has 0 aromatic heterocycles. The number of carbonyl (C=O) groups excluding carboxylic acids is 2. The Balaban J connectivity index is 1.59. The molecule has 3 rings (SSSR count). The van der Waals surface area contributed by atoms with Gasteiger partial charge in [-0.25, -0.2) is 17.9 Å². The van der Waals surface area contributed by atoms with Gasteiger partial charge in [0.2, 0.25) is 0 Å². The Hall–Kier alpha value is -4.12. The van der Waals surface area contributed by atoms with Crippen LogP contribution in [0.3, 0.4) is 0 Å². The fourth-order valence-corrected chi connectivity index (χ4v) is 4.89. The van der Waals surface area contributed by atoms with Crippen molar-refractivity contribution in [1.29, 1.82) is 0 Å². The summed E-state index contributed by atoms with van der Waals surface area (Å²) in [4.78, 5) is 38.2. The minimum absolute atomic E-state index is 0.121. The van der Waals surface area contributed by atoms with Crippen LogP contribution in [0, 0.1) is 5.41 Å². The van der Waals surface area contributed by atoms with Crippen LogP contribution in [0.25, 0.3) is 0 Å². The second-order valence-electron chi connectivity index (χ2n) is 10.2. The van der Waals surface area contributed by atoms with Crippen LogP contribution in [-0.2, 0) is 30.8 Å². The van der Waals surface area contributed by atoms with Crippen LogP contribution in [0.1, 0.15) is 26.3 Å². The topological polar surface area (TPSA) is 142 Å². The standard InChI is InChI=1S/C28H33N3O7S/c1-28(2,3)19-31-17-7-10-23(25(31)27(34)35)26(33)30-39(36,37)22-13-11-20(12-14-22)15-16-29-24(32)18-38-21-8-5-4-6-9-21/h4-14H,15-19H2,1-3H3,(H,29,32)(H,30,33)(H,34,35). The van der Waals surface area contributed by atoms with Gasteiger partial charge in [-0.15, -0.1) is 0 Å². The van der Waals surface area contributed by atoms with Crippen LogP contribution in [-0.4, -0.2) is 62.4 Å². The molecule has 0 saturated heterocycles. The molecule has 2 amide bonds. The molecule has 0 saturated carbocycles. The normalized spacial score (nSPS) is 13.7. The summed E-state index contributed by atoms with van der Waals surface area (Å²) in [5, 5.41) is 12.5. The molecule has 0 fully saturated rings. The first-order chi connectivity index (χ1) is 18.4. The molecule has 0 bridgehead atoms. The van der Waals surface area contributed by atoms with Gasteiger partial charge < -0.3 is 20.1 Å². The zero-order chi connectivity index (χ0) is 28.6. The van der Waals surface area contributed by atoms with E-state index in [4.69, 9.17) is 4.74 Å². The van der Waals surface area contributed by atoms with Gasteiger partial charge in [0, 0.05) is 19.6 Å². The van der Waals surface area contributed by atoms with Crippen molar-refractivity contribution in [3.63, 3.8) is 0 Å². The highest BCUT2D eigenvalue weighted by Crippen LogP contribution is 2.24. The fraction of sp³-hybridized carbons (Fsp3) is 0.321. The van der Waals surface area contributed by atoms with Gasteiger partial charge in [-0.3, -0.25) is 9.59 Å². The Kier molecular flexibility index (Phi) is 9.52. The van der Waals surface area contributed by atoms with E-state index < -0.39 is 21.9 Å². The Bertz CT molecular complexity index is 1360. The highest BCUT2D eigenvalue weighted by molar-refractivity contribution is 7.90. The lowest BCUT2D eigenvalue weighted by atomic mass is 9.94. The second kappa shape index (κ2) is 12.6. The van der Waals surface area contributed by atoms with Crippen LogP contribution in [0.4, 0.5) is 0 Å². The smallest absolute Gasteiger partial charge is 0.353 e. The van der Waals surface area contributed by atoms with Gasteiger partial charge in [-0.2, -0.15) is 0 Å². The van der Waals surface area contributed by atoms with E-state index in [-0.39, 0.29) is 34.1 Å². The Labute approximate surface area is 228 Å². The third-order valence-corrected chi connectivity index (χ3v) is 6.95. The number of carboxylic acid groups (broad SMARTS) is 1. The van der Waals surface area contributed by atoms with E-state index in [2.05, 4.69) is 5.32 Å². The quantitative estimate of drug-likeness (QED) is 0.384. The number of benzene rings is 2. The number of nitrogens with one attached hydrogen (secondary N) is 2. The summed E-state index contributed by atoms with van der Waals surface area (Å²) < 4.78 is 33.1. The van der Waals surface area contributed by atoms with Crippen molar-refractivity contribution in [2.24, 2.45) is 5.41 Å². The average Bonchev–Trinajstić information content (AvgIpc) is 2.87. The third-order valence-electron chi connectivity index (χ3n) is 5.60. The van der Waals surface area contributed by atoms with Crippen LogP contribution in [0.2, 0.25) is 0 Å². The first-order valence-electron chi connectivity index (χ1n) is 12.4. The number of aliphatic carboxylic acids is 1. The molecule has 0 atom stereocenters. The first-order valence-corrected chi connectivity index (χ1v) is 13.8. The van der Waals surface area contributed by atoms with Crippen molar-refractivity contribution >= 4 is 27.8 Å². The minimum Gasteiger partial charge on any atom is -0.484 e. The fourth-order valence-electron chi connectivity index (χ4n) is 3.92. The van der Waals surface area contributed by atoms with E-state index in [1.165, 1.54) is 18.2 Å². The van der Waals surface area contributed by atoms with Crippen molar-refractivity contribution in [3.05, 3.63) is 83.6 Å². The molecule has 3 N–H and O–H groups in total. The van der Waals surface area contributed by atoms with Crippen molar-refractivity contribution in [1.82, 2.24) is 14.9 Å². The number of hydrogen-bond acceptors (Lipinski definition) is 7. The number of amides is 2. The molecule has 208 valence electrons. The van der Waals surface area contributed by atoms with Gasteiger partial charge in [0.25, 0.3) is 21.8 Å². The number of sulfonamides is 1. The van der Waals surface area contributed by atoms with Crippen molar-refractivity contribution < 1.29 is 32.6 Å². The zero-order valence-electron chi connectivity index (χ0n) is 22.1. The van der Waals surface area contributed by atoms with Gasteiger partial charge >= 0.3 is 5.97 Å². The predicted molar refractivity (Wildman–Crippen MR) is 145 cm³/mol. The molecule has 0 radical (unpaired) electrons. The van der Waals surface area contributed by atoms with E-state index in [0.29, 0.717) is 31.8 Å². The van der Waals surface area contributed by atoms with E-state index in [1.54, 1.807) is 35.2 Å². The van der Waals surface area contributed by atoms with Crippen molar-refractivity contribution in [2.75, 3.05) is 26.2 Å². The molecule has 0 aliphatic carbocycles. The molecular formula is C28H33N3O7S. The van der Waals surface area contributed by atoms with Crippen molar-refractivity contribution in [3.8, 4) is 5.75 Å². The Morgan fingerprint density at radius 2 is 1.69 bits per heavy atom. The highest BCUT2D eigenvalue weighted by atomic mass is 32.2. The molecule has 1 heterocycles. The highest BCUT2D eigenvalue weighted by Gasteiger charge is 2.31. The summed E-state index contributed by atoms with van der Waals surface area (Å²) in [5.74, 6) is -2.02. The van der Waals surface area contributed by atoms with Gasteiger partial charge in [0.05, 0.1) is 10.5 Å². The summed E-state index contributed by atoms with van der Waals surface area (Å²) in [6, 6.07) is 14.8. The number of ether oxygens (including phenoxy) is 1. The number of rotatable bonds is 11. The van der Waals surface area contributed by atoms with Gasteiger partial charge in [-0.05, 0) is 47.7 Å². The number of carbonyl (C=O) groups is 3. The molecule has 39 heavy (non-hydrogen) atoms. The third kappa shape index (κ3) is 8.71. The number of hydrogen-bond donors (Lipinski definition) is 3. The summed E-state index contributed by atoms with van der Waals surface area (Å²) >= 11 is 0. The SMILES string of the molecule is CC(C)(C)CN1CC=CC(C(=O)NS(=O)(=O)c2ccc(CCNC(=O)COc3ccccc3)cc2)=C1C(=O)O. The summed E-state index contributed by atoms with van der Waals surface area (Å²) in [7, 11) is -4.26. The Morgan fingerprint density at radius 3 is 2.31 bits per heavy atom. The summed E-state index contributed by atoms with van der Waals surface area (Å²) in [5.41, 5.74) is 0.0466. The number of carboxylic acids is 1. The number of nitrogens with zero attached hydrogens (tertiary/aromatic N) is 1. The molecule has 1 aliphatic rings. The maximum Gasteiger partial charge on any atom is 0.353 e. The monoisotopic (exact) mass is 555 g/mol. The molecule has 0 spiro atoms. The summed E-state index contributed by atoms with van der Waals surface area (Å²) in [6.45, 7) is 6.68. The lowest BCUT2D eigenvalue weighted by molar-refractivity contribution is -0.135. The lowest BCUT2D eigenvalue weighted by Crippen LogP contribution is -2.40. The molecule has 11 heteroatoms. The van der Waals surface area contributed by atoms with Crippen LogP contribution in [0.5, 0.6) is 5.75 Å². The lowest BCUT2D eigenvalue weighted by Gasteiger charge is -2.33. The van der Waals surface area contributed by atoms with E-state index >= 15 is 0 Å². The van der Waals surface area contributed by atoms with Gasteiger partial charge in [-0.1, -0.05) is 57.2 Å². The maximum absolute atomic E-state index is 12.9. The molecule has 2 aromatic carbocycles. The van der Waals surface area contributed by atoms with Crippen LogP contribution in [0.15, 0.2) is 82.9 Å². The second-order valence-corrected chi connectivity index (χ2v) is 11.9. The number of para-hydroxylation sites is 1. The molecule has 2 aromatic rings. The van der Waals surface area contributed by atoms with Crippen LogP contribution >= 0.6 is 0 Å². The van der Waals surface area contributed by atoms with Crippen LogP contribution < -0.4 is 14.8 Å². The maximum atomic E-state index is 12.9. The van der Waals surface area contributed by atoms with E-state index in [9.17, 15) is 27.9 Å². The predicted octanol–water partition coefficient (Wildman–Crippen LogP) is 2.49. The largest absolute Gasteiger partial charge is 0.484 e. The minimum atomic E-state index is -4.26. The molecule has 10 nitrogen and oxygen atoms in total. The first kappa shape index (κ1) is 29.4. The molecular weight excluding hydrogens is 522 g/mol. The Morgan fingerprint density at radius 1 is 1.03 bits per heavy atom. The van der Waals surface area contributed by atoms with Gasteiger partial charge in [0.1, 0.15) is 11.4 Å². The van der Waals surface area contributed by atoms with E-state index in [0.717, 1.165) is 5.56 Å². The van der Waals surface area contributed by atoms with Gasteiger partial charge in [0.15, 0.2) is 6.61 Å². The van der Waals surface area contributed by atoms with E-state index in [1.807, 2.05) is 43.7 Å². The molecule has 0 unspecified atom stereocenters. The van der Waals surface area contributed by atoms with Crippen molar-refractivity contribution in [2.45, 2.75) is 32.1 Å². The molecule has 1 aliphatic heterocycles.